The van der Waals surface area contributed by atoms with Gasteiger partial charge in [-0.05, 0) is 18.6 Å². The number of carbonyl (C=O) groups excluding carboxylic acids is 2. The van der Waals surface area contributed by atoms with Gasteiger partial charge in [-0.1, -0.05) is 65.8 Å². The van der Waals surface area contributed by atoms with E-state index in [0.29, 0.717) is 41.6 Å². The summed E-state index contributed by atoms with van der Waals surface area (Å²) in [5.74, 6) is 0.989. The Kier molecular flexibility index (Phi) is 5.78. The predicted octanol–water partition coefficient (Wildman–Crippen LogP) is 5.21. The summed E-state index contributed by atoms with van der Waals surface area (Å²) in [6.07, 6.45) is 2.03. The van der Waals surface area contributed by atoms with Crippen LogP contribution in [-0.4, -0.2) is 28.6 Å². The van der Waals surface area contributed by atoms with E-state index < -0.39 is 6.03 Å². The van der Waals surface area contributed by atoms with Gasteiger partial charge < -0.3 is 14.7 Å². The van der Waals surface area contributed by atoms with Crippen molar-refractivity contribution in [1.82, 2.24) is 10.1 Å². The first-order valence-electron chi connectivity index (χ1n) is 11.0. The molecule has 0 saturated carbocycles. The highest BCUT2D eigenvalue weighted by Crippen LogP contribution is 2.33. The molecule has 0 spiro atoms. The SMILES string of the molecule is Cc1noc(-c2ccccc2)c1NC(=O)Nc1cc(N2CC(c3ccccc3)CC2=O)ccn1. The molecule has 1 atom stereocenters. The molecule has 0 aliphatic carbocycles. The third-order valence-corrected chi connectivity index (χ3v) is 5.83. The minimum Gasteiger partial charge on any atom is -0.354 e. The number of hydrogen-bond acceptors (Lipinski definition) is 5. The average Bonchev–Trinajstić information content (AvgIpc) is 3.43. The molecule has 170 valence electrons. The van der Waals surface area contributed by atoms with Crippen molar-refractivity contribution < 1.29 is 14.1 Å². The van der Waals surface area contributed by atoms with Gasteiger partial charge in [-0.25, -0.2) is 9.78 Å². The molecule has 2 aromatic carbocycles. The minimum absolute atomic E-state index is 0.0445. The van der Waals surface area contributed by atoms with Crippen molar-refractivity contribution in [3.63, 3.8) is 0 Å². The van der Waals surface area contributed by atoms with Crippen LogP contribution in [0.4, 0.5) is 22.0 Å². The molecule has 0 radical (unpaired) electrons. The number of pyridine rings is 1. The summed E-state index contributed by atoms with van der Waals surface area (Å²) in [6.45, 7) is 2.34. The first-order valence-corrected chi connectivity index (χ1v) is 11.0. The lowest BCUT2D eigenvalue weighted by Crippen LogP contribution is -2.25. The zero-order valence-electron chi connectivity index (χ0n) is 18.6. The fraction of sp³-hybridized carbons (Fsp3) is 0.154. The molecule has 0 bridgehead atoms. The standard InChI is InChI=1S/C26H23N5O3/c1-17-24(25(34-30-17)19-10-6-3-7-11-19)29-26(33)28-22-15-21(12-13-27-22)31-16-20(14-23(31)32)18-8-4-2-5-9-18/h2-13,15,20H,14,16H2,1H3,(H2,27,28,29,33). The number of amides is 3. The number of anilines is 3. The van der Waals surface area contributed by atoms with Crippen LogP contribution in [0.1, 0.15) is 23.6 Å². The molecule has 8 heteroatoms. The van der Waals surface area contributed by atoms with Gasteiger partial charge in [-0.15, -0.1) is 0 Å². The Morgan fingerprint density at radius 2 is 1.76 bits per heavy atom. The Bertz CT molecular complexity index is 1320. The number of hydrogen-bond donors (Lipinski definition) is 2. The maximum absolute atomic E-state index is 12.7. The Balaban J connectivity index is 1.29. The average molecular weight is 454 g/mol. The van der Waals surface area contributed by atoms with E-state index in [1.165, 1.54) is 0 Å². The number of benzene rings is 2. The van der Waals surface area contributed by atoms with Crippen LogP contribution in [-0.2, 0) is 4.79 Å². The van der Waals surface area contributed by atoms with Gasteiger partial charge in [0.05, 0.1) is 0 Å². The Morgan fingerprint density at radius 3 is 2.53 bits per heavy atom. The molecule has 1 fully saturated rings. The largest absolute Gasteiger partial charge is 0.354 e. The molecule has 1 aliphatic heterocycles. The van der Waals surface area contributed by atoms with E-state index in [2.05, 4.69) is 20.8 Å². The Morgan fingerprint density at radius 1 is 1.03 bits per heavy atom. The second-order valence-corrected chi connectivity index (χ2v) is 8.13. The molecule has 2 aromatic heterocycles. The summed E-state index contributed by atoms with van der Waals surface area (Å²) in [6, 6.07) is 22.4. The number of nitrogens with zero attached hydrogens (tertiary/aromatic N) is 3. The fourth-order valence-electron chi connectivity index (χ4n) is 4.13. The number of aryl methyl sites for hydroxylation is 1. The topological polar surface area (TPSA) is 100 Å². The number of urea groups is 1. The number of rotatable bonds is 5. The van der Waals surface area contributed by atoms with Crippen molar-refractivity contribution in [3.8, 4) is 11.3 Å². The van der Waals surface area contributed by atoms with Crippen molar-refractivity contribution >= 4 is 29.1 Å². The molecule has 3 heterocycles. The number of carbonyl (C=O) groups is 2. The van der Waals surface area contributed by atoms with E-state index in [4.69, 9.17) is 4.52 Å². The third kappa shape index (κ3) is 4.38. The van der Waals surface area contributed by atoms with Gasteiger partial charge >= 0.3 is 6.03 Å². The van der Waals surface area contributed by atoms with Crippen molar-refractivity contribution in [1.29, 1.82) is 0 Å². The molecule has 5 rings (SSSR count). The second-order valence-electron chi connectivity index (χ2n) is 8.13. The van der Waals surface area contributed by atoms with Crippen LogP contribution in [0.2, 0.25) is 0 Å². The van der Waals surface area contributed by atoms with Crippen molar-refractivity contribution in [2.45, 2.75) is 19.3 Å². The zero-order valence-corrected chi connectivity index (χ0v) is 18.6. The quantitative estimate of drug-likeness (QED) is 0.432. The predicted molar refractivity (Wildman–Crippen MR) is 130 cm³/mol. The Labute approximate surface area is 196 Å². The van der Waals surface area contributed by atoms with Crippen LogP contribution in [0, 0.1) is 6.92 Å². The van der Waals surface area contributed by atoms with Crippen LogP contribution < -0.4 is 15.5 Å². The Hall–Kier alpha value is -4.46. The molecule has 3 amide bonds. The van der Waals surface area contributed by atoms with Crippen molar-refractivity contribution in [2.75, 3.05) is 22.1 Å². The van der Waals surface area contributed by atoms with Gasteiger partial charge in [0, 0.05) is 42.4 Å². The van der Waals surface area contributed by atoms with E-state index in [-0.39, 0.29) is 11.8 Å². The molecule has 1 aliphatic rings. The highest BCUT2D eigenvalue weighted by atomic mass is 16.5. The lowest BCUT2D eigenvalue weighted by Gasteiger charge is -2.18. The molecular weight excluding hydrogens is 430 g/mol. The summed E-state index contributed by atoms with van der Waals surface area (Å²) in [7, 11) is 0. The van der Waals surface area contributed by atoms with E-state index in [9.17, 15) is 9.59 Å². The third-order valence-electron chi connectivity index (χ3n) is 5.83. The number of nitrogens with one attached hydrogen (secondary N) is 2. The van der Waals surface area contributed by atoms with Crippen molar-refractivity contribution in [3.05, 3.63) is 90.3 Å². The van der Waals surface area contributed by atoms with E-state index >= 15 is 0 Å². The lowest BCUT2D eigenvalue weighted by molar-refractivity contribution is -0.117. The molecule has 1 saturated heterocycles. The molecule has 34 heavy (non-hydrogen) atoms. The van der Waals surface area contributed by atoms with Gasteiger partial charge in [-0.3, -0.25) is 10.1 Å². The molecule has 8 nitrogen and oxygen atoms in total. The van der Waals surface area contributed by atoms with Gasteiger partial charge in [0.1, 0.15) is 17.2 Å². The summed E-state index contributed by atoms with van der Waals surface area (Å²) >= 11 is 0. The summed E-state index contributed by atoms with van der Waals surface area (Å²) in [4.78, 5) is 31.4. The maximum atomic E-state index is 12.7. The zero-order chi connectivity index (χ0) is 23.5. The van der Waals surface area contributed by atoms with Crippen molar-refractivity contribution in [2.24, 2.45) is 0 Å². The van der Waals surface area contributed by atoms with Crippen LogP contribution in [0.5, 0.6) is 0 Å². The number of aromatic nitrogens is 2. The van der Waals surface area contributed by atoms with Gasteiger partial charge in [-0.2, -0.15) is 0 Å². The first kappa shape index (κ1) is 21.4. The van der Waals surface area contributed by atoms with Crippen LogP contribution in [0.15, 0.2) is 83.5 Å². The fourth-order valence-corrected chi connectivity index (χ4v) is 4.13. The maximum Gasteiger partial charge on any atom is 0.325 e. The summed E-state index contributed by atoms with van der Waals surface area (Å²) in [5, 5.41) is 9.53. The van der Waals surface area contributed by atoms with Crippen LogP contribution >= 0.6 is 0 Å². The van der Waals surface area contributed by atoms with Gasteiger partial charge in [0.15, 0.2) is 5.76 Å². The lowest BCUT2D eigenvalue weighted by atomic mass is 9.99. The highest BCUT2D eigenvalue weighted by molar-refractivity contribution is 6.02. The molecular formula is C26H23N5O3. The first-order chi connectivity index (χ1) is 16.6. The molecule has 2 N–H and O–H groups in total. The summed E-state index contributed by atoms with van der Waals surface area (Å²) < 4.78 is 5.43. The minimum atomic E-state index is -0.483. The normalized spacial score (nSPS) is 15.4. The molecule has 1 unspecified atom stereocenters. The second kappa shape index (κ2) is 9.19. The van der Waals surface area contributed by atoms with Gasteiger partial charge in [0.2, 0.25) is 5.91 Å². The monoisotopic (exact) mass is 453 g/mol. The van der Waals surface area contributed by atoms with Crippen LogP contribution in [0.3, 0.4) is 0 Å². The van der Waals surface area contributed by atoms with Gasteiger partial charge in [0.25, 0.3) is 0 Å². The summed E-state index contributed by atoms with van der Waals surface area (Å²) in [5.41, 5.74) is 3.69. The van der Waals surface area contributed by atoms with E-state index in [1.54, 1.807) is 30.2 Å². The molecule has 4 aromatic rings. The van der Waals surface area contributed by atoms with E-state index in [1.807, 2.05) is 60.7 Å². The highest BCUT2D eigenvalue weighted by Gasteiger charge is 2.31. The van der Waals surface area contributed by atoms with E-state index in [0.717, 1.165) is 11.1 Å². The smallest absolute Gasteiger partial charge is 0.325 e. The van der Waals surface area contributed by atoms with Crippen LogP contribution in [0.25, 0.3) is 11.3 Å².